The van der Waals surface area contributed by atoms with Crippen LogP contribution in [0, 0.1) is 17.2 Å². The topological polar surface area (TPSA) is 83.6 Å². The van der Waals surface area contributed by atoms with Gasteiger partial charge in [0.2, 0.25) is 11.9 Å². The second kappa shape index (κ2) is 4.67. The fourth-order valence-electron chi connectivity index (χ4n) is 2.92. The van der Waals surface area contributed by atoms with Crippen LogP contribution in [-0.4, -0.2) is 20.4 Å². The van der Waals surface area contributed by atoms with Crippen LogP contribution in [0.5, 0.6) is 0 Å². The minimum absolute atomic E-state index is 0.334. The quantitative estimate of drug-likeness (QED) is 0.743. The molecule has 1 N–H and O–H groups in total. The number of benzene rings is 1. The molecule has 22 heavy (non-hydrogen) atoms. The summed E-state index contributed by atoms with van der Waals surface area (Å²) in [5.41, 5.74) is 2.48. The lowest BCUT2D eigenvalue weighted by Crippen LogP contribution is -2.37. The molecule has 106 valence electrons. The van der Waals surface area contributed by atoms with E-state index in [-0.39, 0.29) is 5.91 Å². The van der Waals surface area contributed by atoms with Crippen LogP contribution in [0.15, 0.2) is 48.8 Å². The van der Waals surface area contributed by atoms with E-state index < -0.39 is 12.0 Å². The van der Waals surface area contributed by atoms with E-state index >= 15 is 0 Å². The van der Waals surface area contributed by atoms with E-state index in [0.717, 1.165) is 16.6 Å². The Kier molecular flexibility index (Phi) is 2.66. The number of fused-ring (bicyclic) bond motifs is 3. The second-order valence-electron chi connectivity index (χ2n) is 5.12. The first-order valence-electron chi connectivity index (χ1n) is 6.87. The maximum absolute atomic E-state index is 12.2. The molecular formula is C16H11N5O. The van der Waals surface area contributed by atoms with Crippen molar-refractivity contribution in [2.24, 2.45) is 5.92 Å². The number of anilines is 1. The number of carbonyl (C=O) groups is 1. The highest BCUT2D eigenvalue weighted by atomic mass is 16.2. The average Bonchev–Trinajstić information content (AvgIpc) is 2.92. The largest absolute Gasteiger partial charge is 0.300 e. The van der Waals surface area contributed by atoms with E-state index in [9.17, 15) is 10.1 Å². The van der Waals surface area contributed by atoms with Gasteiger partial charge in [-0.1, -0.05) is 18.2 Å². The zero-order chi connectivity index (χ0) is 15.1. The molecule has 0 radical (unpaired) electrons. The lowest BCUT2D eigenvalue weighted by molar-refractivity contribution is -0.119. The summed E-state index contributed by atoms with van der Waals surface area (Å²) in [6.45, 7) is 0. The van der Waals surface area contributed by atoms with Gasteiger partial charge in [0.05, 0.1) is 23.1 Å². The molecule has 1 aliphatic heterocycles. The van der Waals surface area contributed by atoms with Crippen molar-refractivity contribution in [2.45, 2.75) is 6.04 Å². The van der Waals surface area contributed by atoms with Gasteiger partial charge in [-0.3, -0.25) is 15.1 Å². The number of hydrogen-bond acceptors (Lipinski definition) is 4. The van der Waals surface area contributed by atoms with Gasteiger partial charge in [0.1, 0.15) is 0 Å². The molecule has 0 bridgehead atoms. The van der Waals surface area contributed by atoms with E-state index in [4.69, 9.17) is 0 Å². The third kappa shape index (κ3) is 1.69. The fourth-order valence-corrected chi connectivity index (χ4v) is 2.92. The van der Waals surface area contributed by atoms with E-state index in [0.29, 0.717) is 5.95 Å². The molecule has 0 spiro atoms. The lowest BCUT2D eigenvalue weighted by Gasteiger charge is -2.29. The molecule has 6 heteroatoms. The number of nitrogens with zero attached hydrogens (tertiary/aromatic N) is 4. The number of para-hydroxylation sites is 2. The zero-order valence-corrected chi connectivity index (χ0v) is 11.5. The van der Waals surface area contributed by atoms with Crippen LogP contribution in [0.3, 0.4) is 0 Å². The number of amides is 1. The van der Waals surface area contributed by atoms with Gasteiger partial charge < -0.3 is 4.57 Å². The highest BCUT2D eigenvalue weighted by molar-refractivity contribution is 5.97. The molecule has 0 unspecified atom stereocenters. The maximum Gasteiger partial charge on any atom is 0.246 e. The molecule has 3 heterocycles. The Balaban J connectivity index is 2.03. The Morgan fingerprint density at radius 3 is 2.86 bits per heavy atom. The van der Waals surface area contributed by atoms with E-state index in [1.54, 1.807) is 18.5 Å². The van der Waals surface area contributed by atoms with Crippen LogP contribution >= 0.6 is 0 Å². The average molecular weight is 289 g/mol. The Morgan fingerprint density at radius 1 is 1.23 bits per heavy atom. The third-order valence-electron chi connectivity index (χ3n) is 3.87. The van der Waals surface area contributed by atoms with Crippen molar-refractivity contribution in [1.29, 1.82) is 5.26 Å². The molecular weight excluding hydrogens is 278 g/mol. The summed E-state index contributed by atoms with van der Waals surface area (Å²) in [6.07, 6.45) is 3.35. The molecule has 4 rings (SSSR count). The standard InChI is InChI=1S/C16H11N5O/c17-8-11-14(10-4-3-7-18-9-10)21-13-6-2-1-5-12(13)19-16(21)20-15(11)22/h1-7,9,11,14H,(H,19,20,22)/t11-,14+/m1/s1. The van der Waals surface area contributed by atoms with Gasteiger partial charge in [-0.05, 0) is 23.8 Å². The molecule has 6 nitrogen and oxygen atoms in total. The number of hydrogen-bond donors (Lipinski definition) is 1. The minimum Gasteiger partial charge on any atom is -0.300 e. The van der Waals surface area contributed by atoms with Crippen molar-refractivity contribution in [2.75, 3.05) is 5.32 Å². The van der Waals surface area contributed by atoms with Gasteiger partial charge in [0.25, 0.3) is 0 Å². The van der Waals surface area contributed by atoms with Crippen LogP contribution in [0.4, 0.5) is 5.95 Å². The predicted molar refractivity (Wildman–Crippen MR) is 79.8 cm³/mol. The van der Waals surface area contributed by atoms with Crippen molar-refractivity contribution in [3.8, 4) is 6.07 Å². The van der Waals surface area contributed by atoms with E-state index in [1.807, 2.05) is 34.9 Å². The minimum atomic E-state index is -0.825. The van der Waals surface area contributed by atoms with Crippen molar-refractivity contribution < 1.29 is 4.79 Å². The molecule has 3 aromatic rings. The highest BCUT2D eigenvalue weighted by Gasteiger charge is 2.38. The molecule has 1 amide bonds. The first kappa shape index (κ1) is 12.5. The number of imidazole rings is 1. The van der Waals surface area contributed by atoms with E-state index in [1.165, 1.54) is 0 Å². The summed E-state index contributed by atoms with van der Waals surface area (Å²) in [6, 6.07) is 13.0. The predicted octanol–water partition coefficient (Wildman–Crippen LogP) is 2.11. The normalized spacial score (nSPS) is 20.2. The molecule has 0 aliphatic carbocycles. The van der Waals surface area contributed by atoms with Crippen LogP contribution in [0.2, 0.25) is 0 Å². The van der Waals surface area contributed by atoms with Gasteiger partial charge in [-0.15, -0.1) is 0 Å². The number of pyridine rings is 1. The summed E-state index contributed by atoms with van der Waals surface area (Å²) in [7, 11) is 0. The molecule has 2 aromatic heterocycles. The van der Waals surface area contributed by atoms with E-state index in [2.05, 4.69) is 21.4 Å². The first-order valence-corrected chi connectivity index (χ1v) is 6.87. The molecule has 0 fully saturated rings. The number of aromatic nitrogens is 3. The monoisotopic (exact) mass is 289 g/mol. The van der Waals surface area contributed by atoms with Crippen LogP contribution in [-0.2, 0) is 4.79 Å². The van der Waals surface area contributed by atoms with Crippen LogP contribution < -0.4 is 5.32 Å². The second-order valence-corrected chi connectivity index (χ2v) is 5.12. The van der Waals surface area contributed by atoms with Gasteiger partial charge in [0.15, 0.2) is 5.92 Å². The molecule has 2 atom stereocenters. The van der Waals surface area contributed by atoms with Crippen molar-refractivity contribution in [3.63, 3.8) is 0 Å². The Bertz CT molecular complexity index is 909. The molecule has 1 aliphatic rings. The molecule has 0 saturated carbocycles. The van der Waals surface area contributed by atoms with Gasteiger partial charge in [0, 0.05) is 12.4 Å². The summed E-state index contributed by atoms with van der Waals surface area (Å²) in [4.78, 5) is 20.8. The Labute approximate surface area is 126 Å². The maximum atomic E-state index is 12.2. The van der Waals surface area contributed by atoms with Gasteiger partial charge in [-0.25, -0.2) is 4.98 Å². The van der Waals surface area contributed by atoms with Crippen LogP contribution in [0.25, 0.3) is 11.0 Å². The third-order valence-corrected chi connectivity index (χ3v) is 3.87. The van der Waals surface area contributed by atoms with Gasteiger partial charge in [-0.2, -0.15) is 5.26 Å². The Hall–Kier alpha value is -3.20. The number of nitriles is 1. The van der Waals surface area contributed by atoms with Gasteiger partial charge >= 0.3 is 0 Å². The number of nitrogens with one attached hydrogen (secondary N) is 1. The molecule has 1 aromatic carbocycles. The summed E-state index contributed by atoms with van der Waals surface area (Å²) in [5.74, 6) is -0.694. The summed E-state index contributed by atoms with van der Waals surface area (Å²) >= 11 is 0. The number of carbonyl (C=O) groups excluding carboxylic acids is 1. The lowest BCUT2D eigenvalue weighted by atomic mass is 9.92. The smallest absolute Gasteiger partial charge is 0.246 e. The molecule has 0 saturated heterocycles. The van der Waals surface area contributed by atoms with Crippen molar-refractivity contribution >= 4 is 22.9 Å². The van der Waals surface area contributed by atoms with Crippen LogP contribution in [0.1, 0.15) is 11.6 Å². The SMILES string of the molecule is N#C[C@H]1C(=O)Nc2nc3ccccc3n2[C@H]1c1cccnc1. The zero-order valence-electron chi connectivity index (χ0n) is 11.5. The van der Waals surface area contributed by atoms with Crippen molar-refractivity contribution in [3.05, 3.63) is 54.4 Å². The van der Waals surface area contributed by atoms with Crippen molar-refractivity contribution in [1.82, 2.24) is 14.5 Å². The first-order chi connectivity index (χ1) is 10.8. The summed E-state index contributed by atoms with van der Waals surface area (Å²) < 4.78 is 1.90. The number of rotatable bonds is 1. The summed E-state index contributed by atoms with van der Waals surface area (Å²) in [5, 5.41) is 12.2. The fraction of sp³-hybridized carbons (Fsp3) is 0.125. The highest BCUT2D eigenvalue weighted by Crippen LogP contribution is 2.37. The Morgan fingerprint density at radius 2 is 2.09 bits per heavy atom.